The predicted molar refractivity (Wildman–Crippen MR) is 66.1 cm³/mol. The molecule has 0 fully saturated rings. The molecule has 0 heterocycles. The van der Waals surface area contributed by atoms with Gasteiger partial charge >= 0.3 is 5.97 Å². The van der Waals surface area contributed by atoms with E-state index in [4.69, 9.17) is 9.47 Å². The fraction of sp³-hybridized carbons (Fsp3) is 0.0714. The van der Waals surface area contributed by atoms with Crippen LogP contribution in [0.5, 0.6) is 17.2 Å². The SMILES string of the molecule is COc1cc(O)ccc1OC(=O)c1ccccc1. The Labute approximate surface area is 104 Å². The summed E-state index contributed by atoms with van der Waals surface area (Å²) in [5, 5.41) is 9.30. The van der Waals surface area contributed by atoms with Crippen molar-refractivity contribution in [2.24, 2.45) is 0 Å². The molecule has 0 atom stereocenters. The number of rotatable bonds is 3. The summed E-state index contributed by atoms with van der Waals surface area (Å²) in [4.78, 5) is 11.8. The molecule has 2 aromatic rings. The van der Waals surface area contributed by atoms with Crippen LogP contribution in [0, 0.1) is 0 Å². The molecule has 0 aliphatic rings. The molecule has 0 unspecified atom stereocenters. The molecule has 92 valence electrons. The molecule has 0 saturated carbocycles. The van der Waals surface area contributed by atoms with Crippen molar-refractivity contribution >= 4 is 5.97 Å². The summed E-state index contributed by atoms with van der Waals surface area (Å²) in [6.45, 7) is 0. The van der Waals surface area contributed by atoms with Crippen molar-refractivity contribution in [2.45, 2.75) is 0 Å². The highest BCUT2D eigenvalue weighted by Gasteiger charge is 2.12. The number of esters is 1. The molecule has 0 radical (unpaired) electrons. The Hall–Kier alpha value is -2.49. The van der Waals surface area contributed by atoms with Gasteiger partial charge in [0.2, 0.25) is 0 Å². The quantitative estimate of drug-likeness (QED) is 0.666. The monoisotopic (exact) mass is 244 g/mol. The van der Waals surface area contributed by atoms with Gasteiger partial charge in [0.25, 0.3) is 0 Å². The second kappa shape index (κ2) is 5.23. The number of hydrogen-bond acceptors (Lipinski definition) is 4. The molecule has 4 nitrogen and oxygen atoms in total. The lowest BCUT2D eigenvalue weighted by molar-refractivity contribution is 0.0729. The molecule has 2 rings (SSSR count). The van der Waals surface area contributed by atoms with Crippen molar-refractivity contribution in [2.75, 3.05) is 7.11 Å². The number of phenolic OH excluding ortho intramolecular Hbond substituents is 1. The minimum absolute atomic E-state index is 0.0476. The van der Waals surface area contributed by atoms with E-state index in [1.807, 2.05) is 6.07 Å². The molecule has 0 spiro atoms. The Bertz CT molecular complexity index is 549. The standard InChI is InChI=1S/C14H12O4/c1-17-13-9-11(15)7-8-12(13)18-14(16)10-5-3-2-4-6-10/h2-9,15H,1H3. The van der Waals surface area contributed by atoms with Crippen LogP contribution in [0.2, 0.25) is 0 Å². The third kappa shape index (κ3) is 2.60. The number of phenols is 1. The summed E-state index contributed by atoms with van der Waals surface area (Å²) >= 11 is 0. The van der Waals surface area contributed by atoms with E-state index >= 15 is 0 Å². The summed E-state index contributed by atoms with van der Waals surface area (Å²) < 4.78 is 10.2. The summed E-state index contributed by atoms with van der Waals surface area (Å²) in [7, 11) is 1.44. The lowest BCUT2D eigenvalue weighted by Gasteiger charge is -2.09. The highest BCUT2D eigenvalue weighted by molar-refractivity contribution is 5.91. The van der Waals surface area contributed by atoms with Crippen molar-refractivity contribution in [3.8, 4) is 17.2 Å². The number of aromatic hydroxyl groups is 1. The molecule has 0 aliphatic heterocycles. The van der Waals surface area contributed by atoms with Crippen LogP contribution in [0.25, 0.3) is 0 Å². The minimum atomic E-state index is -0.473. The van der Waals surface area contributed by atoms with Crippen LogP contribution in [-0.2, 0) is 0 Å². The molecule has 18 heavy (non-hydrogen) atoms. The van der Waals surface area contributed by atoms with Gasteiger partial charge in [0.1, 0.15) is 5.75 Å². The normalized spacial score (nSPS) is 9.83. The highest BCUT2D eigenvalue weighted by Crippen LogP contribution is 2.31. The number of carbonyl (C=O) groups excluding carboxylic acids is 1. The minimum Gasteiger partial charge on any atom is -0.508 e. The summed E-state index contributed by atoms with van der Waals surface area (Å²) in [6.07, 6.45) is 0. The molecule has 4 heteroatoms. The molecule has 2 aromatic carbocycles. The summed E-state index contributed by atoms with van der Waals surface area (Å²) in [6, 6.07) is 12.9. The maximum absolute atomic E-state index is 11.8. The largest absolute Gasteiger partial charge is 0.508 e. The van der Waals surface area contributed by atoms with Crippen molar-refractivity contribution in [1.29, 1.82) is 0 Å². The van der Waals surface area contributed by atoms with Gasteiger partial charge in [-0.1, -0.05) is 18.2 Å². The van der Waals surface area contributed by atoms with Crippen LogP contribution in [0.4, 0.5) is 0 Å². The van der Waals surface area contributed by atoms with E-state index in [0.717, 1.165) is 0 Å². The zero-order valence-electron chi connectivity index (χ0n) is 9.79. The Kier molecular flexibility index (Phi) is 3.48. The van der Waals surface area contributed by atoms with E-state index in [1.165, 1.54) is 25.3 Å². The number of methoxy groups -OCH3 is 1. The first-order valence-corrected chi connectivity index (χ1v) is 5.35. The topological polar surface area (TPSA) is 55.8 Å². The van der Waals surface area contributed by atoms with Crippen molar-refractivity contribution in [1.82, 2.24) is 0 Å². The van der Waals surface area contributed by atoms with E-state index in [-0.39, 0.29) is 11.5 Å². The Morgan fingerprint density at radius 2 is 1.78 bits per heavy atom. The van der Waals surface area contributed by atoms with Crippen LogP contribution in [0.3, 0.4) is 0 Å². The van der Waals surface area contributed by atoms with E-state index < -0.39 is 5.97 Å². The third-order valence-corrected chi connectivity index (χ3v) is 2.36. The van der Waals surface area contributed by atoms with Gasteiger partial charge in [0.15, 0.2) is 11.5 Å². The van der Waals surface area contributed by atoms with Gasteiger partial charge in [0, 0.05) is 6.07 Å². The molecule has 0 aliphatic carbocycles. The first-order valence-electron chi connectivity index (χ1n) is 5.35. The zero-order chi connectivity index (χ0) is 13.0. The Morgan fingerprint density at radius 3 is 2.44 bits per heavy atom. The molecular weight excluding hydrogens is 232 g/mol. The first-order chi connectivity index (χ1) is 8.70. The molecule has 0 aromatic heterocycles. The van der Waals surface area contributed by atoms with Crippen LogP contribution in [-0.4, -0.2) is 18.2 Å². The average Bonchev–Trinajstić information content (AvgIpc) is 2.41. The van der Waals surface area contributed by atoms with Crippen molar-refractivity contribution in [3.63, 3.8) is 0 Å². The highest BCUT2D eigenvalue weighted by atomic mass is 16.6. The van der Waals surface area contributed by atoms with Gasteiger partial charge in [-0.2, -0.15) is 0 Å². The number of carbonyl (C=O) groups is 1. The Balaban J connectivity index is 2.22. The van der Waals surface area contributed by atoms with E-state index in [1.54, 1.807) is 24.3 Å². The molecule has 1 N–H and O–H groups in total. The second-order valence-corrected chi connectivity index (χ2v) is 3.59. The second-order valence-electron chi connectivity index (χ2n) is 3.59. The first kappa shape index (κ1) is 12.0. The van der Waals surface area contributed by atoms with E-state index in [0.29, 0.717) is 11.3 Å². The van der Waals surface area contributed by atoms with Gasteiger partial charge < -0.3 is 14.6 Å². The van der Waals surface area contributed by atoms with Gasteiger partial charge in [-0.25, -0.2) is 4.79 Å². The van der Waals surface area contributed by atoms with Crippen LogP contribution < -0.4 is 9.47 Å². The summed E-state index contributed by atoms with van der Waals surface area (Å²) in [5.74, 6) is 0.148. The Morgan fingerprint density at radius 1 is 1.06 bits per heavy atom. The lowest BCUT2D eigenvalue weighted by atomic mass is 10.2. The fourth-order valence-corrected chi connectivity index (χ4v) is 1.47. The van der Waals surface area contributed by atoms with Gasteiger partial charge in [-0.3, -0.25) is 0 Å². The van der Waals surface area contributed by atoms with Crippen LogP contribution in [0.15, 0.2) is 48.5 Å². The van der Waals surface area contributed by atoms with Crippen LogP contribution in [0.1, 0.15) is 10.4 Å². The third-order valence-electron chi connectivity index (χ3n) is 2.36. The predicted octanol–water partition coefficient (Wildman–Crippen LogP) is 2.62. The zero-order valence-corrected chi connectivity index (χ0v) is 9.79. The van der Waals surface area contributed by atoms with Gasteiger partial charge in [0.05, 0.1) is 12.7 Å². The van der Waals surface area contributed by atoms with Gasteiger partial charge in [-0.05, 0) is 24.3 Å². The maximum Gasteiger partial charge on any atom is 0.343 e. The number of benzene rings is 2. The molecule has 0 saturated heterocycles. The molecule has 0 amide bonds. The van der Waals surface area contributed by atoms with Crippen molar-refractivity contribution < 1.29 is 19.4 Å². The van der Waals surface area contributed by atoms with E-state index in [2.05, 4.69) is 0 Å². The fourth-order valence-electron chi connectivity index (χ4n) is 1.47. The number of ether oxygens (including phenoxy) is 2. The van der Waals surface area contributed by atoms with Gasteiger partial charge in [-0.15, -0.1) is 0 Å². The number of hydrogen-bond donors (Lipinski definition) is 1. The van der Waals surface area contributed by atoms with Crippen LogP contribution >= 0.6 is 0 Å². The summed E-state index contributed by atoms with van der Waals surface area (Å²) in [5.41, 5.74) is 0.452. The molecule has 0 bridgehead atoms. The van der Waals surface area contributed by atoms with Crippen molar-refractivity contribution in [3.05, 3.63) is 54.1 Å². The smallest absolute Gasteiger partial charge is 0.343 e. The lowest BCUT2D eigenvalue weighted by Crippen LogP contribution is -2.08. The maximum atomic E-state index is 11.8. The average molecular weight is 244 g/mol. The van der Waals surface area contributed by atoms with E-state index in [9.17, 15) is 9.90 Å². The molecular formula is C14H12O4.